The van der Waals surface area contributed by atoms with Crippen molar-refractivity contribution in [3.8, 4) is 0 Å². The zero-order valence-electron chi connectivity index (χ0n) is 10.7. The van der Waals surface area contributed by atoms with E-state index >= 15 is 0 Å². The third-order valence-electron chi connectivity index (χ3n) is 2.51. The van der Waals surface area contributed by atoms with Crippen LogP contribution in [0.5, 0.6) is 0 Å². The first-order valence-corrected chi connectivity index (χ1v) is 5.40. The standard InChI is InChI=1S/C12H19NO3/c1-7(2)9-8(12(3,4)5)10(14)13(6)11(15)16-9/h7H,1-6H3. The Kier molecular flexibility index (Phi) is 3.13. The minimum Gasteiger partial charge on any atom is -0.414 e. The highest BCUT2D eigenvalue weighted by Gasteiger charge is 2.27. The van der Waals surface area contributed by atoms with Crippen molar-refractivity contribution in [3.05, 3.63) is 32.2 Å². The van der Waals surface area contributed by atoms with E-state index in [1.807, 2.05) is 34.6 Å². The van der Waals surface area contributed by atoms with Crippen LogP contribution in [0.1, 0.15) is 51.9 Å². The molecule has 0 fully saturated rings. The smallest absolute Gasteiger partial charge is 0.414 e. The second kappa shape index (κ2) is 3.92. The number of rotatable bonds is 1. The van der Waals surface area contributed by atoms with Crippen molar-refractivity contribution >= 4 is 0 Å². The molecule has 0 radical (unpaired) electrons. The highest BCUT2D eigenvalue weighted by Crippen LogP contribution is 2.26. The van der Waals surface area contributed by atoms with Crippen LogP contribution in [0.4, 0.5) is 0 Å². The quantitative estimate of drug-likeness (QED) is 0.731. The van der Waals surface area contributed by atoms with Gasteiger partial charge in [0.2, 0.25) is 0 Å². The van der Waals surface area contributed by atoms with Crippen LogP contribution in [-0.2, 0) is 12.5 Å². The van der Waals surface area contributed by atoms with Crippen LogP contribution in [0, 0.1) is 0 Å². The molecule has 0 aliphatic carbocycles. The molecular weight excluding hydrogens is 206 g/mol. The lowest BCUT2D eigenvalue weighted by Gasteiger charge is -2.22. The molecule has 4 heteroatoms. The van der Waals surface area contributed by atoms with Gasteiger partial charge in [-0.05, 0) is 5.41 Å². The fourth-order valence-corrected chi connectivity index (χ4v) is 1.67. The van der Waals surface area contributed by atoms with Gasteiger partial charge in [0, 0.05) is 13.0 Å². The van der Waals surface area contributed by atoms with Gasteiger partial charge in [0.25, 0.3) is 5.56 Å². The maximum Gasteiger partial charge on any atom is 0.421 e. The fourth-order valence-electron chi connectivity index (χ4n) is 1.67. The fraction of sp³-hybridized carbons (Fsp3) is 0.667. The highest BCUT2D eigenvalue weighted by molar-refractivity contribution is 5.25. The summed E-state index contributed by atoms with van der Waals surface area (Å²) in [6.07, 6.45) is 0. The summed E-state index contributed by atoms with van der Waals surface area (Å²) in [7, 11) is 1.44. The van der Waals surface area contributed by atoms with Gasteiger partial charge in [-0.1, -0.05) is 34.6 Å². The van der Waals surface area contributed by atoms with Crippen LogP contribution in [0.25, 0.3) is 0 Å². The van der Waals surface area contributed by atoms with Crippen LogP contribution in [-0.4, -0.2) is 4.57 Å². The number of nitrogens with zero attached hydrogens (tertiary/aromatic N) is 1. The van der Waals surface area contributed by atoms with E-state index in [2.05, 4.69) is 0 Å². The average molecular weight is 225 g/mol. The maximum absolute atomic E-state index is 12.1. The average Bonchev–Trinajstić information content (AvgIpc) is 2.10. The Morgan fingerprint density at radius 2 is 1.69 bits per heavy atom. The molecule has 0 saturated heterocycles. The summed E-state index contributed by atoms with van der Waals surface area (Å²) in [5.41, 5.74) is 0.00287. The van der Waals surface area contributed by atoms with Gasteiger partial charge in [-0.25, -0.2) is 9.36 Å². The van der Waals surface area contributed by atoms with Gasteiger partial charge in [-0.2, -0.15) is 0 Å². The second-order valence-corrected chi connectivity index (χ2v) is 5.38. The first-order chi connectivity index (χ1) is 7.16. The monoisotopic (exact) mass is 225 g/mol. The summed E-state index contributed by atoms with van der Waals surface area (Å²) in [4.78, 5) is 23.5. The molecule has 0 aliphatic heterocycles. The Balaban J connectivity index is 3.76. The third-order valence-corrected chi connectivity index (χ3v) is 2.51. The van der Waals surface area contributed by atoms with Crippen molar-refractivity contribution in [1.29, 1.82) is 0 Å². The van der Waals surface area contributed by atoms with Gasteiger partial charge in [0.1, 0.15) is 5.76 Å². The molecule has 1 aromatic heterocycles. The summed E-state index contributed by atoms with van der Waals surface area (Å²) in [5, 5.41) is 0. The molecule has 0 unspecified atom stereocenters. The van der Waals surface area contributed by atoms with Crippen LogP contribution < -0.4 is 11.3 Å². The summed E-state index contributed by atoms with van der Waals surface area (Å²) in [6, 6.07) is 0. The van der Waals surface area contributed by atoms with Crippen LogP contribution in [0.3, 0.4) is 0 Å². The Morgan fingerprint density at radius 1 is 1.19 bits per heavy atom. The van der Waals surface area contributed by atoms with E-state index < -0.39 is 5.76 Å². The summed E-state index contributed by atoms with van der Waals surface area (Å²) >= 11 is 0. The van der Waals surface area contributed by atoms with Crippen molar-refractivity contribution in [3.63, 3.8) is 0 Å². The molecule has 0 bridgehead atoms. The molecule has 16 heavy (non-hydrogen) atoms. The Bertz CT molecular complexity index is 500. The van der Waals surface area contributed by atoms with E-state index in [9.17, 15) is 9.59 Å². The lowest BCUT2D eigenvalue weighted by molar-refractivity contribution is 0.363. The van der Waals surface area contributed by atoms with Crippen LogP contribution >= 0.6 is 0 Å². The van der Waals surface area contributed by atoms with Crippen LogP contribution in [0.15, 0.2) is 14.0 Å². The largest absolute Gasteiger partial charge is 0.421 e. The number of hydrogen-bond donors (Lipinski definition) is 0. The van der Waals surface area contributed by atoms with E-state index in [0.717, 1.165) is 4.57 Å². The normalized spacial score (nSPS) is 12.2. The molecule has 1 heterocycles. The lowest BCUT2D eigenvalue weighted by atomic mass is 9.84. The van der Waals surface area contributed by atoms with E-state index in [1.165, 1.54) is 7.05 Å². The van der Waals surface area contributed by atoms with Gasteiger partial charge in [-0.3, -0.25) is 4.79 Å². The predicted molar refractivity (Wildman–Crippen MR) is 63.0 cm³/mol. The molecule has 0 atom stereocenters. The van der Waals surface area contributed by atoms with Gasteiger partial charge in [0.05, 0.1) is 5.56 Å². The molecule has 0 amide bonds. The van der Waals surface area contributed by atoms with Crippen molar-refractivity contribution in [2.45, 2.75) is 46.0 Å². The molecule has 4 nitrogen and oxygen atoms in total. The molecular formula is C12H19NO3. The number of hydrogen-bond acceptors (Lipinski definition) is 3. The summed E-state index contributed by atoms with van der Waals surface area (Å²) in [6.45, 7) is 9.64. The van der Waals surface area contributed by atoms with Gasteiger partial charge >= 0.3 is 5.76 Å². The van der Waals surface area contributed by atoms with Crippen molar-refractivity contribution < 1.29 is 4.42 Å². The Labute approximate surface area is 94.9 Å². The Hall–Kier alpha value is -1.32. The molecule has 0 spiro atoms. The second-order valence-electron chi connectivity index (χ2n) is 5.38. The number of aromatic nitrogens is 1. The van der Waals surface area contributed by atoms with Crippen molar-refractivity contribution in [2.75, 3.05) is 0 Å². The zero-order chi connectivity index (χ0) is 12.7. The minimum atomic E-state index is -0.596. The van der Waals surface area contributed by atoms with E-state index in [1.54, 1.807) is 0 Å². The topological polar surface area (TPSA) is 52.2 Å². The first-order valence-electron chi connectivity index (χ1n) is 5.40. The SMILES string of the molecule is CC(C)c1oc(=O)n(C)c(=O)c1C(C)(C)C. The maximum atomic E-state index is 12.1. The lowest BCUT2D eigenvalue weighted by Crippen LogP contribution is -2.38. The van der Waals surface area contributed by atoms with Gasteiger partial charge in [-0.15, -0.1) is 0 Å². The van der Waals surface area contributed by atoms with E-state index in [0.29, 0.717) is 11.3 Å². The zero-order valence-corrected chi connectivity index (χ0v) is 10.7. The third kappa shape index (κ3) is 2.10. The Morgan fingerprint density at radius 3 is 2.06 bits per heavy atom. The summed E-state index contributed by atoms with van der Waals surface area (Å²) in [5.74, 6) is -0.0712. The van der Waals surface area contributed by atoms with E-state index in [4.69, 9.17) is 4.42 Å². The predicted octanol–water partition coefficient (Wildman–Crippen LogP) is 1.76. The molecule has 1 aromatic rings. The summed E-state index contributed by atoms with van der Waals surface area (Å²) < 4.78 is 6.24. The molecule has 0 aliphatic rings. The van der Waals surface area contributed by atoms with Gasteiger partial charge in [0.15, 0.2) is 0 Å². The highest BCUT2D eigenvalue weighted by atomic mass is 16.4. The first kappa shape index (κ1) is 12.7. The van der Waals surface area contributed by atoms with Crippen LogP contribution in [0.2, 0.25) is 0 Å². The van der Waals surface area contributed by atoms with E-state index in [-0.39, 0.29) is 16.9 Å². The molecule has 0 N–H and O–H groups in total. The van der Waals surface area contributed by atoms with Crippen molar-refractivity contribution in [2.24, 2.45) is 7.05 Å². The van der Waals surface area contributed by atoms with Gasteiger partial charge < -0.3 is 4.42 Å². The van der Waals surface area contributed by atoms with Crippen molar-refractivity contribution in [1.82, 2.24) is 4.57 Å². The molecule has 1 rings (SSSR count). The molecule has 90 valence electrons. The minimum absolute atomic E-state index is 0.0239. The molecule has 0 saturated carbocycles. The molecule has 0 aromatic carbocycles.